The number of ether oxygens (including phenoxy) is 1. The fourth-order valence-electron chi connectivity index (χ4n) is 2.31. The van der Waals surface area contributed by atoms with Gasteiger partial charge in [0.05, 0.1) is 12.1 Å². The van der Waals surface area contributed by atoms with Crippen LogP contribution in [0.25, 0.3) is 10.6 Å². The average Bonchev–Trinajstić information content (AvgIpc) is 3.28. The smallest absolute Gasteiger partial charge is 0.312 e. The fraction of sp³-hybridized carbons (Fsp3) is 0.211. The van der Waals surface area contributed by atoms with Gasteiger partial charge in [-0.25, -0.2) is 4.98 Å². The summed E-state index contributed by atoms with van der Waals surface area (Å²) in [4.78, 5) is 28.4. The molecule has 134 valence electrons. The second-order valence-electron chi connectivity index (χ2n) is 5.86. The topological polar surface area (TPSA) is 68.3 Å². The van der Waals surface area contributed by atoms with E-state index in [-0.39, 0.29) is 18.9 Å². The second kappa shape index (κ2) is 8.25. The number of hydrogen-bond donors (Lipinski definition) is 1. The third kappa shape index (κ3) is 4.77. The summed E-state index contributed by atoms with van der Waals surface area (Å²) in [5.41, 5.74) is 4.43. The first kappa shape index (κ1) is 18.3. The maximum absolute atomic E-state index is 12.0. The van der Waals surface area contributed by atoms with Crippen LogP contribution in [0, 0.1) is 13.8 Å². The van der Waals surface area contributed by atoms with Crippen LogP contribution in [-0.2, 0) is 20.7 Å². The Bertz CT molecular complexity index is 917. The van der Waals surface area contributed by atoms with Crippen molar-refractivity contribution in [3.8, 4) is 10.6 Å². The molecule has 1 amide bonds. The first-order valence-electron chi connectivity index (χ1n) is 8.01. The summed E-state index contributed by atoms with van der Waals surface area (Å²) in [6, 6.07) is 7.78. The molecule has 0 saturated carbocycles. The lowest BCUT2D eigenvalue weighted by Crippen LogP contribution is -2.22. The van der Waals surface area contributed by atoms with Gasteiger partial charge in [0.25, 0.3) is 5.91 Å². The molecule has 0 saturated heterocycles. The molecule has 0 fully saturated rings. The number of esters is 1. The van der Waals surface area contributed by atoms with E-state index in [9.17, 15) is 9.59 Å². The minimum atomic E-state index is -0.469. The molecule has 0 aliphatic rings. The maximum atomic E-state index is 12.0. The van der Waals surface area contributed by atoms with Gasteiger partial charge in [-0.3, -0.25) is 9.59 Å². The Labute approximate surface area is 159 Å². The number of nitrogens with zero attached hydrogens (tertiary/aromatic N) is 1. The predicted molar refractivity (Wildman–Crippen MR) is 105 cm³/mol. The summed E-state index contributed by atoms with van der Waals surface area (Å²) in [6.07, 6.45) is 0.0530. The molecule has 0 atom stereocenters. The van der Waals surface area contributed by atoms with Crippen LogP contribution in [0.1, 0.15) is 16.8 Å². The van der Waals surface area contributed by atoms with E-state index in [0.717, 1.165) is 27.4 Å². The van der Waals surface area contributed by atoms with E-state index in [1.165, 1.54) is 11.3 Å². The van der Waals surface area contributed by atoms with Crippen molar-refractivity contribution in [1.82, 2.24) is 4.98 Å². The third-order valence-electron chi connectivity index (χ3n) is 3.68. The molecule has 2 aromatic heterocycles. The van der Waals surface area contributed by atoms with Crippen LogP contribution in [0.2, 0.25) is 0 Å². The highest BCUT2D eigenvalue weighted by Crippen LogP contribution is 2.25. The Morgan fingerprint density at radius 2 is 2.04 bits per heavy atom. The standard InChI is InChI=1S/C19H18N2O3S2/c1-12-3-4-13(2)16(7-12)21-17(22)9-24-18(23)8-15-11-26-19(20-15)14-5-6-25-10-14/h3-7,10-11H,8-9H2,1-2H3,(H,21,22). The van der Waals surface area contributed by atoms with Gasteiger partial charge in [-0.1, -0.05) is 12.1 Å². The predicted octanol–water partition coefficient (Wildman–Crippen LogP) is 4.21. The zero-order valence-electron chi connectivity index (χ0n) is 14.4. The zero-order valence-corrected chi connectivity index (χ0v) is 16.1. The third-order valence-corrected chi connectivity index (χ3v) is 5.30. The molecule has 1 aromatic carbocycles. The van der Waals surface area contributed by atoms with Crippen molar-refractivity contribution in [1.29, 1.82) is 0 Å². The van der Waals surface area contributed by atoms with Crippen LogP contribution in [0.3, 0.4) is 0 Å². The maximum Gasteiger partial charge on any atom is 0.312 e. The van der Waals surface area contributed by atoms with Gasteiger partial charge in [0.15, 0.2) is 6.61 Å². The van der Waals surface area contributed by atoms with Crippen molar-refractivity contribution < 1.29 is 14.3 Å². The van der Waals surface area contributed by atoms with Gasteiger partial charge in [0.1, 0.15) is 5.01 Å². The minimum Gasteiger partial charge on any atom is -0.455 e. The monoisotopic (exact) mass is 386 g/mol. The molecule has 0 bridgehead atoms. The lowest BCUT2D eigenvalue weighted by Gasteiger charge is -2.09. The van der Waals surface area contributed by atoms with Gasteiger partial charge >= 0.3 is 5.97 Å². The number of anilines is 1. The summed E-state index contributed by atoms with van der Waals surface area (Å²) in [6.45, 7) is 3.55. The molecule has 3 rings (SSSR count). The number of thiazole rings is 1. The minimum absolute atomic E-state index is 0.0530. The molecule has 26 heavy (non-hydrogen) atoms. The molecule has 2 heterocycles. The summed E-state index contributed by atoms with van der Waals surface area (Å²) in [5, 5.41) is 9.48. The number of aryl methyl sites for hydroxylation is 2. The van der Waals surface area contributed by atoms with Crippen molar-refractivity contribution in [3.05, 3.63) is 57.2 Å². The van der Waals surface area contributed by atoms with Crippen molar-refractivity contribution in [2.24, 2.45) is 0 Å². The lowest BCUT2D eigenvalue weighted by atomic mass is 10.1. The van der Waals surface area contributed by atoms with Crippen molar-refractivity contribution in [3.63, 3.8) is 0 Å². The normalized spacial score (nSPS) is 10.5. The average molecular weight is 386 g/mol. The van der Waals surface area contributed by atoms with Crippen LogP contribution >= 0.6 is 22.7 Å². The highest BCUT2D eigenvalue weighted by atomic mass is 32.1. The van der Waals surface area contributed by atoms with Crippen molar-refractivity contribution in [2.45, 2.75) is 20.3 Å². The number of nitrogens with one attached hydrogen (secondary N) is 1. The van der Waals surface area contributed by atoms with Gasteiger partial charge in [-0.2, -0.15) is 11.3 Å². The van der Waals surface area contributed by atoms with Gasteiger partial charge in [-0.05, 0) is 42.5 Å². The van der Waals surface area contributed by atoms with E-state index >= 15 is 0 Å². The van der Waals surface area contributed by atoms with E-state index in [4.69, 9.17) is 4.74 Å². The number of hydrogen-bond acceptors (Lipinski definition) is 6. The highest BCUT2D eigenvalue weighted by Gasteiger charge is 2.13. The molecule has 7 heteroatoms. The SMILES string of the molecule is Cc1ccc(C)c(NC(=O)COC(=O)Cc2csc(-c3ccsc3)n2)c1. The molecule has 0 unspecified atom stereocenters. The molecular formula is C19H18N2O3S2. The van der Waals surface area contributed by atoms with Gasteiger partial charge in [-0.15, -0.1) is 11.3 Å². The summed E-state index contributed by atoms with van der Waals surface area (Å²) in [5.74, 6) is -0.826. The lowest BCUT2D eigenvalue weighted by molar-refractivity contribution is -0.146. The fourth-order valence-corrected chi connectivity index (χ4v) is 3.84. The Balaban J connectivity index is 1.49. The molecular weight excluding hydrogens is 368 g/mol. The molecule has 5 nitrogen and oxygen atoms in total. The Kier molecular flexibility index (Phi) is 5.80. The van der Waals surface area contributed by atoms with Crippen LogP contribution in [0.4, 0.5) is 5.69 Å². The summed E-state index contributed by atoms with van der Waals surface area (Å²) >= 11 is 3.09. The number of aromatic nitrogens is 1. The highest BCUT2D eigenvalue weighted by molar-refractivity contribution is 7.14. The van der Waals surface area contributed by atoms with Crippen molar-refractivity contribution >= 4 is 40.2 Å². The number of rotatable bonds is 6. The molecule has 0 aliphatic heterocycles. The van der Waals surface area contributed by atoms with Crippen LogP contribution in [-0.4, -0.2) is 23.5 Å². The molecule has 0 radical (unpaired) electrons. The number of benzene rings is 1. The van der Waals surface area contributed by atoms with Crippen LogP contribution in [0.15, 0.2) is 40.4 Å². The van der Waals surface area contributed by atoms with Gasteiger partial charge in [0, 0.05) is 22.0 Å². The van der Waals surface area contributed by atoms with Gasteiger partial charge in [0.2, 0.25) is 0 Å². The Morgan fingerprint density at radius 1 is 1.19 bits per heavy atom. The number of thiophene rings is 1. The number of carbonyl (C=O) groups is 2. The second-order valence-corrected chi connectivity index (χ2v) is 7.50. The quantitative estimate of drug-likeness (QED) is 0.644. The Morgan fingerprint density at radius 3 is 2.81 bits per heavy atom. The largest absolute Gasteiger partial charge is 0.455 e. The van der Waals surface area contributed by atoms with E-state index in [0.29, 0.717) is 5.69 Å². The van der Waals surface area contributed by atoms with Crippen LogP contribution in [0.5, 0.6) is 0 Å². The van der Waals surface area contributed by atoms with E-state index in [1.54, 1.807) is 11.3 Å². The zero-order chi connectivity index (χ0) is 18.5. The van der Waals surface area contributed by atoms with E-state index in [2.05, 4.69) is 10.3 Å². The molecule has 3 aromatic rings. The number of carbonyl (C=O) groups excluding carboxylic acids is 2. The first-order valence-corrected chi connectivity index (χ1v) is 9.83. The summed E-state index contributed by atoms with van der Waals surface area (Å²) < 4.78 is 5.07. The molecule has 1 N–H and O–H groups in total. The first-order chi connectivity index (χ1) is 12.5. The van der Waals surface area contributed by atoms with E-state index < -0.39 is 5.97 Å². The van der Waals surface area contributed by atoms with Crippen molar-refractivity contribution in [2.75, 3.05) is 11.9 Å². The van der Waals surface area contributed by atoms with Gasteiger partial charge < -0.3 is 10.1 Å². The number of amides is 1. The summed E-state index contributed by atoms with van der Waals surface area (Å²) in [7, 11) is 0. The molecule has 0 aliphatic carbocycles. The van der Waals surface area contributed by atoms with E-state index in [1.807, 2.05) is 54.3 Å². The molecule has 0 spiro atoms. The van der Waals surface area contributed by atoms with Crippen LogP contribution < -0.4 is 5.32 Å². The Hall–Kier alpha value is -2.51.